The summed E-state index contributed by atoms with van der Waals surface area (Å²) in [5.74, 6) is 0. The molecule has 0 radical (unpaired) electrons. The molecule has 2 nitrogen and oxygen atoms in total. The third kappa shape index (κ3) is 3.33. The molecule has 1 aliphatic heterocycles. The molecule has 1 aliphatic rings. The lowest BCUT2D eigenvalue weighted by atomic mass is 10.1. The van der Waals surface area contributed by atoms with E-state index in [1.54, 1.807) is 0 Å². The van der Waals surface area contributed by atoms with Crippen LogP contribution in [0, 0.1) is 0 Å². The molecule has 2 heteroatoms. The van der Waals surface area contributed by atoms with E-state index in [4.69, 9.17) is 9.47 Å². The maximum absolute atomic E-state index is 5.87. The van der Waals surface area contributed by atoms with Crippen molar-refractivity contribution in [1.82, 2.24) is 0 Å². The van der Waals surface area contributed by atoms with E-state index in [9.17, 15) is 0 Å². The summed E-state index contributed by atoms with van der Waals surface area (Å²) in [7, 11) is 0. The van der Waals surface area contributed by atoms with Gasteiger partial charge in [-0.25, -0.2) is 0 Å². The fourth-order valence-corrected chi connectivity index (χ4v) is 1.66. The molecule has 1 aromatic carbocycles. The van der Waals surface area contributed by atoms with Gasteiger partial charge in [0.05, 0.1) is 19.3 Å². The zero-order valence-corrected chi connectivity index (χ0v) is 9.19. The molecule has 2 rings (SSSR count). The first-order valence-electron chi connectivity index (χ1n) is 5.68. The lowest BCUT2D eigenvalue weighted by Crippen LogP contribution is -2.08. The molecule has 0 N–H and O–H groups in total. The van der Waals surface area contributed by atoms with Crippen molar-refractivity contribution in [3.63, 3.8) is 0 Å². The lowest BCUT2D eigenvalue weighted by molar-refractivity contribution is 0.0359. The van der Waals surface area contributed by atoms with Gasteiger partial charge in [-0.3, -0.25) is 0 Å². The predicted octanol–water partition coefficient (Wildman–Crippen LogP) is 2.94. The van der Waals surface area contributed by atoms with Gasteiger partial charge in [-0.1, -0.05) is 43.7 Å². The number of benzene rings is 1. The minimum atomic E-state index is 0.236. The molecule has 1 saturated heterocycles. The smallest absolute Gasteiger partial charge is 0.104 e. The first kappa shape index (κ1) is 10.7. The molecule has 0 spiro atoms. The van der Waals surface area contributed by atoms with E-state index in [-0.39, 0.29) is 6.10 Å². The Morgan fingerprint density at radius 3 is 2.73 bits per heavy atom. The Morgan fingerprint density at radius 2 is 2.13 bits per heavy atom. The first-order chi connectivity index (χ1) is 7.40. The standard InChI is InChI=1S/C13H18O2/c1-2-6-13(15-10-12-9-14-12)11-7-4-3-5-8-11/h3-5,7-8,12-13H,2,6,9-10H2,1H3/t12-,13-/m0/s1. The van der Waals surface area contributed by atoms with Crippen molar-refractivity contribution in [2.75, 3.05) is 13.2 Å². The number of rotatable bonds is 6. The third-order valence-electron chi connectivity index (χ3n) is 2.61. The Hall–Kier alpha value is -0.860. The number of epoxide rings is 1. The van der Waals surface area contributed by atoms with Crippen LogP contribution in [-0.2, 0) is 9.47 Å². The van der Waals surface area contributed by atoms with Crippen LogP contribution in [0.25, 0.3) is 0 Å². The van der Waals surface area contributed by atoms with E-state index in [2.05, 4.69) is 31.2 Å². The van der Waals surface area contributed by atoms with Gasteiger partial charge in [0.1, 0.15) is 6.10 Å². The first-order valence-corrected chi connectivity index (χ1v) is 5.68. The Kier molecular flexibility index (Phi) is 3.75. The monoisotopic (exact) mass is 206 g/mol. The summed E-state index contributed by atoms with van der Waals surface area (Å²) >= 11 is 0. The highest BCUT2D eigenvalue weighted by Gasteiger charge is 2.24. The Balaban J connectivity index is 1.91. The zero-order chi connectivity index (χ0) is 10.5. The Labute approximate surface area is 91.2 Å². The molecule has 1 fully saturated rings. The highest BCUT2D eigenvalue weighted by Crippen LogP contribution is 2.24. The quantitative estimate of drug-likeness (QED) is 0.667. The minimum absolute atomic E-state index is 0.236. The fourth-order valence-electron chi connectivity index (χ4n) is 1.66. The second kappa shape index (κ2) is 5.29. The van der Waals surface area contributed by atoms with Crippen LogP contribution in [-0.4, -0.2) is 19.3 Å². The topological polar surface area (TPSA) is 21.8 Å². The highest BCUT2D eigenvalue weighted by atomic mass is 16.6. The average Bonchev–Trinajstić information content (AvgIpc) is 3.09. The molecule has 1 heterocycles. The van der Waals surface area contributed by atoms with Gasteiger partial charge in [-0.2, -0.15) is 0 Å². The van der Waals surface area contributed by atoms with Gasteiger partial charge in [0, 0.05) is 0 Å². The lowest BCUT2D eigenvalue weighted by Gasteiger charge is -2.16. The van der Waals surface area contributed by atoms with Gasteiger partial charge >= 0.3 is 0 Å². The van der Waals surface area contributed by atoms with E-state index in [0.29, 0.717) is 6.10 Å². The van der Waals surface area contributed by atoms with E-state index in [0.717, 1.165) is 26.1 Å². The normalized spacial score (nSPS) is 21.3. The summed E-state index contributed by atoms with van der Waals surface area (Å²) in [6.45, 7) is 3.79. The Morgan fingerprint density at radius 1 is 1.40 bits per heavy atom. The molecule has 0 unspecified atom stereocenters. The summed E-state index contributed by atoms with van der Waals surface area (Å²) < 4.78 is 11.0. The SMILES string of the molecule is CCC[C@H](OC[C@@H]1CO1)c1ccccc1. The second-order valence-corrected chi connectivity index (χ2v) is 3.98. The van der Waals surface area contributed by atoms with Gasteiger partial charge < -0.3 is 9.47 Å². The van der Waals surface area contributed by atoms with Crippen molar-refractivity contribution in [3.8, 4) is 0 Å². The summed E-state index contributed by atoms with van der Waals surface area (Å²) in [6, 6.07) is 10.4. The van der Waals surface area contributed by atoms with Crippen LogP contribution in [0.15, 0.2) is 30.3 Å². The molecular formula is C13H18O2. The van der Waals surface area contributed by atoms with Crippen LogP contribution >= 0.6 is 0 Å². The number of hydrogen-bond donors (Lipinski definition) is 0. The molecule has 0 amide bonds. The number of ether oxygens (including phenoxy) is 2. The summed E-state index contributed by atoms with van der Waals surface area (Å²) in [6.07, 6.45) is 2.82. The van der Waals surface area contributed by atoms with Crippen molar-refractivity contribution in [2.45, 2.75) is 32.0 Å². The molecule has 15 heavy (non-hydrogen) atoms. The van der Waals surface area contributed by atoms with Gasteiger partial charge in [0.15, 0.2) is 0 Å². The van der Waals surface area contributed by atoms with Gasteiger partial charge in [0.2, 0.25) is 0 Å². The summed E-state index contributed by atoms with van der Waals surface area (Å²) in [5.41, 5.74) is 1.28. The highest BCUT2D eigenvalue weighted by molar-refractivity contribution is 5.17. The maximum Gasteiger partial charge on any atom is 0.104 e. The summed E-state index contributed by atoms with van der Waals surface area (Å²) in [4.78, 5) is 0. The van der Waals surface area contributed by atoms with E-state index in [1.807, 2.05) is 6.07 Å². The molecule has 0 saturated carbocycles. The van der Waals surface area contributed by atoms with Crippen molar-refractivity contribution in [1.29, 1.82) is 0 Å². The fraction of sp³-hybridized carbons (Fsp3) is 0.538. The van der Waals surface area contributed by atoms with Crippen LogP contribution in [0.5, 0.6) is 0 Å². The van der Waals surface area contributed by atoms with E-state index < -0.39 is 0 Å². The molecular weight excluding hydrogens is 188 g/mol. The zero-order valence-electron chi connectivity index (χ0n) is 9.19. The van der Waals surface area contributed by atoms with Crippen LogP contribution < -0.4 is 0 Å². The molecule has 82 valence electrons. The van der Waals surface area contributed by atoms with Gasteiger partial charge in [-0.15, -0.1) is 0 Å². The average molecular weight is 206 g/mol. The van der Waals surface area contributed by atoms with Crippen LogP contribution in [0.2, 0.25) is 0 Å². The Bertz CT molecular complexity index is 280. The van der Waals surface area contributed by atoms with Crippen molar-refractivity contribution >= 4 is 0 Å². The largest absolute Gasteiger partial charge is 0.371 e. The molecule has 2 atom stereocenters. The van der Waals surface area contributed by atoms with Crippen LogP contribution in [0.1, 0.15) is 31.4 Å². The van der Waals surface area contributed by atoms with Crippen LogP contribution in [0.3, 0.4) is 0 Å². The minimum Gasteiger partial charge on any atom is -0.371 e. The van der Waals surface area contributed by atoms with E-state index in [1.165, 1.54) is 5.56 Å². The number of hydrogen-bond acceptors (Lipinski definition) is 2. The maximum atomic E-state index is 5.87. The molecule has 0 bridgehead atoms. The van der Waals surface area contributed by atoms with Crippen molar-refractivity contribution in [2.24, 2.45) is 0 Å². The van der Waals surface area contributed by atoms with E-state index >= 15 is 0 Å². The summed E-state index contributed by atoms with van der Waals surface area (Å²) in [5, 5.41) is 0. The van der Waals surface area contributed by atoms with Crippen LogP contribution in [0.4, 0.5) is 0 Å². The third-order valence-corrected chi connectivity index (χ3v) is 2.61. The van der Waals surface area contributed by atoms with Crippen molar-refractivity contribution < 1.29 is 9.47 Å². The second-order valence-electron chi connectivity index (χ2n) is 3.98. The molecule has 0 aromatic heterocycles. The van der Waals surface area contributed by atoms with Gasteiger partial charge in [0.25, 0.3) is 0 Å². The molecule has 0 aliphatic carbocycles. The van der Waals surface area contributed by atoms with Crippen molar-refractivity contribution in [3.05, 3.63) is 35.9 Å². The predicted molar refractivity (Wildman–Crippen MR) is 59.8 cm³/mol. The molecule has 1 aromatic rings. The van der Waals surface area contributed by atoms with Gasteiger partial charge in [-0.05, 0) is 12.0 Å².